The van der Waals surface area contributed by atoms with Crippen LogP contribution >= 0.6 is 0 Å². The van der Waals surface area contributed by atoms with Gasteiger partial charge in [-0.2, -0.15) is 0 Å². The maximum atomic E-state index is 10.1. The van der Waals surface area contributed by atoms with Crippen molar-refractivity contribution in [3.8, 4) is 11.5 Å². The molecule has 1 aromatic carbocycles. The number of amides is 1. The second kappa shape index (κ2) is 6.67. The Morgan fingerprint density at radius 2 is 2.00 bits per heavy atom. The van der Waals surface area contributed by atoms with Crippen molar-refractivity contribution in [2.75, 3.05) is 13.7 Å². The van der Waals surface area contributed by atoms with Crippen LogP contribution in [0, 0.1) is 0 Å². The van der Waals surface area contributed by atoms with E-state index < -0.39 is 18.4 Å². The van der Waals surface area contributed by atoms with Gasteiger partial charge in [0.15, 0.2) is 17.7 Å². The standard InChI is InChI=1S/C11H15NO6/c1-17-8-4-2-3-5-9(8)18-6-7(13)10(14)12-11(15)16/h2-5,7,10,12-14H,6H2,1H3,(H,15,16)/p-1/t7-,10?/m1/s1. The molecule has 0 aliphatic carbocycles. The molecule has 3 N–H and O–H groups in total. The summed E-state index contributed by atoms with van der Waals surface area (Å²) in [5, 5.41) is 30.4. The number of aliphatic hydroxyl groups excluding tert-OH is 2. The van der Waals surface area contributed by atoms with Crippen molar-refractivity contribution in [3.05, 3.63) is 24.3 Å². The summed E-state index contributed by atoms with van der Waals surface area (Å²) >= 11 is 0. The fourth-order valence-electron chi connectivity index (χ4n) is 1.22. The van der Waals surface area contributed by atoms with Gasteiger partial charge >= 0.3 is 0 Å². The molecule has 0 radical (unpaired) electrons. The van der Waals surface area contributed by atoms with E-state index in [1.807, 2.05) is 0 Å². The summed E-state index contributed by atoms with van der Waals surface area (Å²) in [7, 11) is 1.46. The van der Waals surface area contributed by atoms with Crippen molar-refractivity contribution < 1.29 is 29.6 Å². The Kier molecular flexibility index (Phi) is 5.22. The molecule has 1 amide bonds. The van der Waals surface area contributed by atoms with Crippen LogP contribution in [0.4, 0.5) is 4.79 Å². The Bertz CT molecular complexity index is 397. The van der Waals surface area contributed by atoms with Crippen LogP contribution in [0.3, 0.4) is 0 Å². The van der Waals surface area contributed by atoms with Crippen LogP contribution in [0.25, 0.3) is 0 Å². The average molecular weight is 256 g/mol. The van der Waals surface area contributed by atoms with Crippen molar-refractivity contribution >= 4 is 6.09 Å². The van der Waals surface area contributed by atoms with Crippen molar-refractivity contribution in [2.24, 2.45) is 0 Å². The number of aliphatic hydroxyl groups is 2. The molecule has 0 bridgehead atoms. The predicted molar refractivity (Wildman–Crippen MR) is 59.0 cm³/mol. The van der Waals surface area contributed by atoms with E-state index in [9.17, 15) is 20.1 Å². The zero-order valence-electron chi connectivity index (χ0n) is 9.70. The zero-order valence-corrected chi connectivity index (χ0v) is 9.70. The van der Waals surface area contributed by atoms with E-state index in [2.05, 4.69) is 0 Å². The van der Waals surface area contributed by atoms with E-state index >= 15 is 0 Å². The smallest absolute Gasteiger partial charge is 0.161 e. The normalized spacial score (nSPS) is 13.5. The fourth-order valence-corrected chi connectivity index (χ4v) is 1.22. The number of methoxy groups -OCH3 is 1. The van der Waals surface area contributed by atoms with Gasteiger partial charge in [-0.3, -0.25) is 0 Å². The lowest BCUT2D eigenvalue weighted by molar-refractivity contribution is -0.255. The van der Waals surface area contributed by atoms with Gasteiger partial charge in [0, 0.05) is 0 Å². The van der Waals surface area contributed by atoms with E-state index in [-0.39, 0.29) is 6.61 Å². The Morgan fingerprint density at radius 1 is 1.39 bits per heavy atom. The van der Waals surface area contributed by atoms with Gasteiger partial charge in [-0.05, 0) is 12.1 Å². The summed E-state index contributed by atoms with van der Waals surface area (Å²) in [6.45, 7) is -0.304. The monoisotopic (exact) mass is 256 g/mol. The third-order valence-corrected chi connectivity index (χ3v) is 2.11. The number of hydrogen-bond acceptors (Lipinski definition) is 6. The topological polar surface area (TPSA) is 111 Å². The van der Waals surface area contributed by atoms with Gasteiger partial charge in [-0.25, -0.2) is 0 Å². The van der Waals surface area contributed by atoms with E-state index in [1.54, 1.807) is 29.6 Å². The minimum absolute atomic E-state index is 0.304. The number of ether oxygens (including phenoxy) is 2. The molecule has 2 atom stereocenters. The summed E-state index contributed by atoms with van der Waals surface area (Å²) in [6.07, 6.45) is -4.78. The molecular weight excluding hydrogens is 242 g/mol. The van der Waals surface area contributed by atoms with Gasteiger partial charge in [0.05, 0.1) is 7.11 Å². The Labute approximate surface area is 104 Å². The van der Waals surface area contributed by atoms with Gasteiger partial charge in [0.1, 0.15) is 18.8 Å². The molecule has 0 aliphatic heterocycles. The molecule has 0 heterocycles. The highest BCUT2D eigenvalue weighted by atomic mass is 16.5. The van der Waals surface area contributed by atoms with Crippen LogP contribution in [0.2, 0.25) is 0 Å². The number of hydrogen-bond donors (Lipinski definition) is 3. The van der Waals surface area contributed by atoms with Crippen LogP contribution in [0.15, 0.2) is 24.3 Å². The molecule has 0 saturated heterocycles. The number of carbonyl (C=O) groups is 1. The van der Waals surface area contributed by atoms with Crippen LogP contribution in [0.1, 0.15) is 0 Å². The van der Waals surface area contributed by atoms with Gasteiger partial charge < -0.3 is 34.9 Å². The maximum Gasteiger partial charge on any atom is 0.161 e. The van der Waals surface area contributed by atoms with Gasteiger partial charge in [-0.1, -0.05) is 12.1 Å². The van der Waals surface area contributed by atoms with Crippen LogP contribution in [-0.2, 0) is 0 Å². The van der Waals surface area contributed by atoms with Crippen LogP contribution in [0.5, 0.6) is 11.5 Å². The maximum absolute atomic E-state index is 10.1. The minimum atomic E-state index is -1.68. The second-order valence-electron chi connectivity index (χ2n) is 3.41. The molecule has 18 heavy (non-hydrogen) atoms. The van der Waals surface area contributed by atoms with E-state index in [1.165, 1.54) is 7.11 Å². The highest BCUT2D eigenvalue weighted by Gasteiger charge is 2.17. The zero-order chi connectivity index (χ0) is 13.5. The molecule has 0 saturated carbocycles. The summed E-state index contributed by atoms with van der Waals surface area (Å²) in [4.78, 5) is 10.1. The van der Waals surface area contributed by atoms with Crippen molar-refractivity contribution in [3.63, 3.8) is 0 Å². The fraction of sp³-hybridized carbons (Fsp3) is 0.364. The lowest BCUT2D eigenvalue weighted by atomic mass is 10.3. The number of carboxylic acid groups (broad SMARTS) is 1. The van der Waals surface area contributed by atoms with Gasteiger partial charge in [-0.15, -0.1) is 0 Å². The molecule has 1 unspecified atom stereocenters. The largest absolute Gasteiger partial charge is 0.530 e. The molecule has 1 rings (SSSR count). The summed E-state index contributed by atoms with van der Waals surface area (Å²) in [6, 6.07) is 6.73. The first-order valence-electron chi connectivity index (χ1n) is 5.14. The first-order chi connectivity index (χ1) is 8.54. The molecule has 0 aliphatic rings. The van der Waals surface area contributed by atoms with E-state index in [0.29, 0.717) is 11.5 Å². The van der Waals surface area contributed by atoms with Crippen molar-refractivity contribution in [1.29, 1.82) is 0 Å². The summed E-state index contributed by atoms with van der Waals surface area (Å²) in [5.74, 6) is 0.840. The quantitative estimate of drug-likeness (QED) is 0.545. The average Bonchev–Trinajstić information content (AvgIpc) is 2.35. The summed E-state index contributed by atoms with van der Waals surface area (Å²) < 4.78 is 10.2. The molecule has 1 aromatic rings. The summed E-state index contributed by atoms with van der Waals surface area (Å²) in [5.41, 5.74) is 0. The first-order valence-corrected chi connectivity index (χ1v) is 5.14. The number of nitrogens with one attached hydrogen (secondary N) is 1. The highest BCUT2D eigenvalue weighted by molar-refractivity contribution is 5.62. The lowest BCUT2D eigenvalue weighted by Crippen LogP contribution is -2.50. The molecule has 0 aromatic heterocycles. The van der Waals surface area contributed by atoms with Gasteiger partial charge in [0.25, 0.3) is 0 Å². The lowest BCUT2D eigenvalue weighted by Gasteiger charge is -2.20. The SMILES string of the molecule is COc1ccccc1OC[C@@H](O)C(O)NC(=O)[O-]. The Balaban J connectivity index is 2.51. The van der Waals surface area contributed by atoms with E-state index in [4.69, 9.17) is 9.47 Å². The van der Waals surface area contributed by atoms with Crippen LogP contribution in [-0.4, -0.2) is 42.4 Å². The number of benzene rings is 1. The molecule has 7 nitrogen and oxygen atoms in total. The first kappa shape index (κ1) is 14.1. The Hall–Kier alpha value is -1.99. The van der Waals surface area contributed by atoms with Crippen molar-refractivity contribution in [1.82, 2.24) is 5.32 Å². The molecule has 100 valence electrons. The molecule has 0 fully saturated rings. The van der Waals surface area contributed by atoms with Crippen LogP contribution < -0.4 is 19.9 Å². The number of rotatable bonds is 6. The predicted octanol–water partition coefficient (Wildman–Crippen LogP) is -1.31. The number of carbonyl (C=O) groups excluding carboxylic acids is 1. The van der Waals surface area contributed by atoms with Crippen molar-refractivity contribution in [2.45, 2.75) is 12.3 Å². The Morgan fingerprint density at radius 3 is 2.56 bits per heavy atom. The molecule has 0 spiro atoms. The minimum Gasteiger partial charge on any atom is -0.530 e. The highest BCUT2D eigenvalue weighted by Crippen LogP contribution is 2.25. The molecule has 7 heteroatoms. The molecular formula is C11H14NO6-. The second-order valence-corrected chi connectivity index (χ2v) is 3.41. The van der Waals surface area contributed by atoms with E-state index in [0.717, 1.165) is 0 Å². The number of para-hydroxylation sites is 2. The third kappa shape index (κ3) is 4.11. The third-order valence-electron chi connectivity index (χ3n) is 2.11. The van der Waals surface area contributed by atoms with Gasteiger partial charge in [0.2, 0.25) is 0 Å².